The second-order valence-electron chi connectivity index (χ2n) is 3.22. The van der Waals surface area contributed by atoms with Gasteiger partial charge in [0.2, 0.25) is 0 Å². The lowest BCUT2D eigenvalue weighted by molar-refractivity contribution is -0.141. The van der Waals surface area contributed by atoms with Gasteiger partial charge in [-0.15, -0.1) is 6.58 Å². The number of esters is 1. The summed E-state index contributed by atoms with van der Waals surface area (Å²) in [6.45, 7) is 3.63. The summed E-state index contributed by atoms with van der Waals surface area (Å²) in [6.07, 6.45) is 10.6. The summed E-state index contributed by atoms with van der Waals surface area (Å²) in [5.41, 5.74) is 0. The smallest absolute Gasteiger partial charge is 0.306 e. The monoisotopic (exact) mass is 180 g/mol. The Balaban J connectivity index is 2.06. The van der Waals surface area contributed by atoms with Crippen molar-refractivity contribution in [3.8, 4) is 0 Å². The quantitative estimate of drug-likeness (QED) is 0.480. The normalized spacial score (nSPS) is 22.2. The van der Waals surface area contributed by atoms with Gasteiger partial charge in [0.1, 0.15) is 6.10 Å². The number of allylic oxidation sites excluding steroid dienone is 3. The first kappa shape index (κ1) is 10.0. The number of ether oxygens (including phenoxy) is 1. The number of cyclic esters (lactones) is 1. The van der Waals surface area contributed by atoms with Gasteiger partial charge in [0, 0.05) is 6.42 Å². The molecule has 0 saturated carbocycles. The molecule has 1 atom stereocenters. The van der Waals surface area contributed by atoms with E-state index in [9.17, 15) is 4.79 Å². The molecule has 72 valence electrons. The van der Waals surface area contributed by atoms with Crippen LogP contribution >= 0.6 is 0 Å². The molecule has 0 bridgehead atoms. The molecular weight excluding hydrogens is 164 g/mol. The van der Waals surface area contributed by atoms with Gasteiger partial charge in [-0.3, -0.25) is 4.79 Å². The topological polar surface area (TPSA) is 26.3 Å². The maximum Gasteiger partial charge on any atom is 0.306 e. The lowest BCUT2D eigenvalue weighted by atomic mass is 10.1. The Morgan fingerprint density at radius 1 is 1.54 bits per heavy atom. The van der Waals surface area contributed by atoms with Crippen LogP contribution < -0.4 is 0 Å². The summed E-state index contributed by atoms with van der Waals surface area (Å²) in [7, 11) is 0. The van der Waals surface area contributed by atoms with E-state index < -0.39 is 0 Å². The Kier molecular flexibility index (Phi) is 4.30. The maximum absolute atomic E-state index is 10.7. The third-order valence-corrected chi connectivity index (χ3v) is 2.09. The van der Waals surface area contributed by atoms with Crippen LogP contribution in [-0.4, -0.2) is 12.1 Å². The summed E-state index contributed by atoms with van der Waals surface area (Å²) < 4.78 is 5.07. The first-order valence-corrected chi connectivity index (χ1v) is 4.78. The van der Waals surface area contributed by atoms with E-state index in [1.807, 2.05) is 6.08 Å². The Labute approximate surface area is 79.3 Å². The average molecular weight is 180 g/mol. The van der Waals surface area contributed by atoms with Crippen LogP contribution in [0.1, 0.15) is 32.1 Å². The molecule has 0 spiro atoms. The van der Waals surface area contributed by atoms with Crippen LogP contribution in [0.25, 0.3) is 0 Å². The van der Waals surface area contributed by atoms with E-state index in [1.165, 1.54) is 0 Å². The van der Waals surface area contributed by atoms with Gasteiger partial charge in [-0.05, 0) is 25.7 Å². The number of rotatable bonds is 5. The molecule has 1 aliphatic rings. The van der Waals surface area contributed by atoms with E-state index in [2.05, 4.69) is 18.7 Å². The van der Waals surface area contributed by atoms with Crippen molar-refractivity contribution >= 4 is 5.97 Å². The van der Waals surface area contributed by atoms with Crippen LogP contribution in [0.4, 0.5) is 0 Å². The zero-order valence-corrected chi connectivity index (χ0v) is 7.87. The fourth-order valence-corrected chi connectivity index (χ4v) is 1.38. The van der Waals surface area contributed by atoms with Crippen LogP contribution in [0.3, 0.4) is 0 Å². The summed E-state index contributed by atoms with van der Waals surface area (Å²) in [4.78, 5) is 10.7. The third kappa shape index (κ3) is 3.92. The molecule has 13 heavy (non-hydrogen) atoms. The van der Waals surface area contributed by atoms with E-state index in [-0.39, 0.29) is 12.1 Å². The molecule has 1 heterocycles. The predicted octanol–water partition coefficient (Wildman–Crippen LogP) is 2.60. The highest BCUT2D eigenvalue weighted by Gasteiger charge is 2.21. The summed E-state index contributed by atoms with van der Waals surface area (Å²) in [5, 5.41) is 0. The largest absolute Gasteiger partial charge is 0.462 e. The fraction of sp³-hybridized carbons (Fsp3) is 0.545. The first-order valence-electron chi connectivity index (χ1n) is 4.78. The van der Waals surface area contributed by atoms with Gasteiger partial charge in [-0.1, -0.05) is 18.2 Å². The van der Waals surface area contributed by atoms with Gasteiger partial charge in [0.25, 0.3) is 0 Å². The van der Waals surface area contributed by atoms with Crippen LogP contribution in [0, 0.1) is 0 Å². The van der Waals surface area contributed by atoms with Crippen molar-refractivity contribution in [2.24, 2.45) is 0 Å². The lowest BCUT2D eigenvalue weighted by Crippen LogP contribution is -2.05. The Hall–Kier alpha value is -1.05. The minimum absolute atomic E-state index is 0.0416. The molecule has 1 aliphatic heterocycles. The van der Waals surface area contributed by atoms with E-state index in [0.717, 1.165) is 25.7 Å². The minimum atomic E-state index is -0.0416. The molecule has 1 fully saturated rings. The summed E-state index contributed by atoms with van der Waals surface area (Å²) in [5.74, 6) is -0.0416. The van der Waals surface area contributed by atoms with Gasteiger partial charge >= 0.3 is 5.97 Å². The van der Waals surface area contributed by atoms with E-state index >= 15 is 0 Å². The Morgan fingerprint density at radius 2 is 2.38 bits per heavy atom. The molecule has 0 N–H and O–H groups in total. The number of carbonyl (C=O) groups excluding carboxylic acids is 1. The first-order chi connectivity index (χ1) is 6.33. The molecule has 2 heteroatoms. The predicted molar refractivity (Wildman–Crippen MR) is 52.3 cm³/mol. The van der Waals surface area contributed by atoms with Crippen molar-refractivity contribution in [3.05, 3.63) is 24.8 Å². The van der Waals surface area contributed by atoms with E-state index in [4.69, 9.17) is 4.74 Å². The molecule has 0 amide bonds. The van der Waals surface area contributed by atoms with Crippen molar-refractivity contribution in [2.45, 2.75) is 38.2 Å². The van der Waals surface area contributed by atoms with Crippen LogP contribution in [0.5, 0.6) is 0 Å². The number of hydrogen-bond acceptors (Lipinski definition) is 2. The van der Waals surface area contributed by atoms with Crippen molar-refractivity contribution in [3.63, 3.8) is 0 Å². The van der Waals surface area contributed by atoms with Crippen LogP contribution in [0.2, 0.25) is 0 Å². The van der Waals surface area contributed by atoms with Crippen LogP contribution in [0.15, 0.2) is 24.8 Å². The SMILES string of the molecule is C=CC/C=C/CCC1CCC(=O)O1. The van der Waals surface area contributed by atoms with E-state index in [0.29, 0.717) is 6.42 Å². The minimum Gasteiger partial charge on any atom is -0.462 e. The molecule has 1 rings (SSSR count). The summed E-state index contributed by atoms with van der Waals surface area (Å²) in [6, 6.07) is 0. The molecule has 0 aliphatic carbocycles. The molecular formula is C11H16O2. The average Bonchev–Trinajstić information content (AvgIpc) is 2.51. The standard InChI is InChI=1S/C11H16O2/c1-2-3-4-5-6-7-10-8-9-11(12)13-10/h2,4-5,10H,1,3,6-9H2/b5-4+. The molecule has 2 nitrogen and oxygen atoms in total. The van der Waals surface area contributed by atoms with Gasteiger partial charge in [-0.25, -0.2) is 0 Å². The van der Waals surface area contributed by atoms with Gasteiger partial charge in [0.15, 0.2) is 0 Å². The van der Waals surface area contributed by atoms with Gasteiger partial charge in [0.05, 0.1) is 0 Å². The van der Waals surface area contributed by atoms with Gasteiger partial charge in [-0.2, -0.15) is 0 Å². The van der Waals surface area contributed by atoms with Crippen LogP contribution in [-0.2, 0) is 9.53 Å². The van der Waals surface area contributed by atoms with Gasteiger partial charge < -0.3 is 4.74 Å². The molecule has 1 saturated heterocycles. The second kappa shape index (κ2) is 5.57. The fourth-order valence-electron chi connectivity index (χ4n) is 1.38. The highest BCUT2D eigenvalue weighted by molar-refractivity contribution is 5.71. The number of hydrogen-bond donors (Lipinski definition) is 0. The highest BCUT2D eigenvalue weighted by Crippen LogP contribution is 2.18. The Morgan fingerprint density at radius 3 is 3.00 bits per heavy atom. The second-order valence-corrected chi connectivity index (χ2v) is 3.22. The molecule has 1 unspecified atom stereocenters. The van der Waals surface area contributed by atoms with Crippen molar-refractivity contribution in [1.29, 1.82) is 0 Å². The third-order valence-electron chi connectivity index (χ3n) is 2.09. The zero-order chi connectivity index (χ0) is 9.52. The Bertz CT molecular complexity index is 206. The van der Waals surface area contributed by atoms with Crippen molar-refractivity contribution < 1.29 is 9.53 Å². The zero-order valence-electron chi connectivity index (χ0n) is 7.87. The molecule has 0 aromatic heterocycles. The lowest BCUT2D eigenvalue weighted by Gasteiger charge is -2.05. The van der Waals surface area contributed by atoms with E-state index in [1.54, 1.807) is 0 Å². The van der Waals surface area contributed by atoms with Crippen molar-refractivity contribution in [2.75, 3.05) is 0 Å². The summed E-state index contributed by atoms with van der Waals surface area (Å²) >= 11 is 0. The maximum atomic E-state index is 10.7. The molecule has 0 aromatic rings. The molecule has 0 radical (unpaired) electrons. The van der Waals surface area contributed by atoms with Crippen molar-refractivity contribution in [1.82, 2.24) is 0 Å². The highest BCUT2D eigenvalue weighted by atomic mass is 16.5. The molecule has 0 aromatic carbocycles. The number of carbonyl (C=O) groups is 1.